The van der Waals surface area contributed by atoms with Gasteiger partial charge < -0.3 is 0 Å². The number of thiazole rings is 1. The van der Waals surface area contributed by atoms with Crippen LogP contribution in [0.1, 0.15) is 35.8 Å². The summed E-state index contributed by atoms with van der Waals surface area (Å²) in [5, 5.41) is 0. The first kappa shape index (κ1) is 16.6. The summed E-state index contributed by atoms with van der Waals surface area (Å²) in [6.07, 6.45) is 5.27. The summed E-state index contributed by atoms with van der Waals surface area (Å²) >= 11 is 5.24. The Kier molecular flexibility index (Phi) is 4.48. The highest BCUT2D eigenvalue weighted by atomic mass is 79.9. The molecule has 0 unspecified atom stereocenters. The minimum absolute atomic E-state index is 0.580. The van der Waals surface area contributed by atoms with Crippen LogP contribution in [0.3, 0.4) is 0 Å². The molecule has 0 fully saturated rings. The minimum Gasteiger partial charge on any atom is -0.297 e. The number of imidazole rings is 1. The maximum atomic E-state index is 4.78. The monoisotopic (exact) mass is 410 g/mol. The summed E-state index contributed by atoms with van der Waals surface area (Å²) in [6, 6.07) is 17.2. The maximum absolute atomic E-state index is 4.78. The number of nitrogens with zero attached hydrogens (tertiary/aromatic N) is 2. The molecule has 0 aliphatic carbocycles. The predicted molar refractivity (Wildman–Crippen MR) is 110 cm³/mol. The standard InChI is InChI=1S/C21H19BrN2S/c1-14(2)16-5-3-15(4-6-16)11-19-12-24-13-20(23-21(24)25-19)17-7-9-18(22)10-8-17/h3-10,12-14H,11H2,1-2H3. The lowest BCUT2D eigenvalue weighted by Gasteiger charge is -2.06. The van der Waals surface area contributed by atoms with E-state index in [2.05, 4.69) is 95.1 Å². The lowest BCUT2D eigenvalue weighted by atomic mass is 10.0. The highest BCUT2D eigenvalue weighted by molar-refractivity contribution is 9.10. The third-order valence-electron chi connectivity index (χ3n) is 4.37. The van der Waals surface area contributed by atoms with Crippen LogP contribution in [0.15, 0.2) is 65.4 Å². The van der Waals surface area contributed by atoms with Crippen molar-refractivity contribution in [2.24, 2.45) is 0 Å². The van der Waals surface area contributed by atoms with Crippen molar-refractivity contribution >= 4 is 32.2 Å². The van der Waals surface area contributed by atoms with Gasteiger partial charge in [0.1, 0.15) is 0 Å². The van der Waals surface area contributed by atoms with E-state index in [1.165, 1.54) is 16.0 Å². The van der Waals surface area contributed by atoms with E-state index in [1.807, 2.05) is 0 Å². The third kappa shape index (κ3) is 3.55. The molecular weight excluding hydrogens is 392 g/mol. The smallest absolute Gasteiger partial charge is 0.194 e. The molecule has 0 aliphatic heterocycles. The van der Waals surface area contributed by atoms with Crippen molar-refractivity contribution in [3.63, 3.8) is 0 Å². The van der Waals surface area contributed by atoms with Crippen LogP contribution in [0.5, 0.6) is 0 Å². The molecule has 4 heteroatoms. The van der Waals surface area contributed by atoms with Crippen LogP contribution in [0.2, 0.25) is 0 Å². The Bertz CT molecular complexity index is 963. The first-order valence-electron chi connectivity index (χ1n) is 8.41. The normalized spacial score (nSPS) is 11.5. The number of hydrogen-bond acceptors (Lipinski definition) is 2. The molecule has 0 amide bonds. The van der Waals surface area contributed by atoms with Crippen molar-refractivity contribution in [3.8, 4) is 11.3 Å². The molecule has 4 aromatic rings. The molecule has 0 saturated heterocycles. The van der Waals surface area contributed by atoms with Gasteiger partial charge in [0, 0.05) is 33.7 Å². The second-order valence-corrected chi connectivity index (χ2v) is 8.60. The fourth-order valence-corrected chi connectivity index (χ4v) is 4.17. The van der Waals surface area contributed by atoms with Crippen LogP contribution in [0.25, 0.3) is 16.2 Å². The van der Waals surface area contributed by atoms with E-state index in [-0.39, 0.29) is 0 Å². The van der Waals surface area contributed by atoms with E-state index in [0.717, 1.165) is 27.1 Å². The summed E-state index contributed by atoms with van der Waals surface area (Å²) in [7, 11) is 0. The molecule has 4 rings (SSSR count). The Morgan fingerprint density at radius 1 is 1.00 bits per heavy atom. The third-order valence-corrected chi connectivity index (χ3v) is 5.89. The van der Waals surface area contributed by atoms with Crippen molar-refractivity contribution in [2.45, 2.75) is 26.2 Å². The van der Waals surface area contributed by atoms with Gasteiger partial charge in [-0.15, -0.1) is 11.3 Å². The maximum Gasteiger partial charge on any atom is 0.194 e. The number of halogens is 1. The van der Waals surface area contributed by atoms with Gasteiger partial charge in [-0.1, -0.05) is 66.2 Å². The van der Waals surface area contributed by atoms with Gasteiger partial charge in [0.05, 0.1) is 5.69 Å². The zero-order chi connectivity index (χ0) is 17.4. The van der Waals surface area contributed by atoms with Crippen LogP contribution in [-0.2, 0) is 6.42 Å². The summed E-state index contributed by atoms with van der Waals surface area (Å²) in [4.78, 5) is 7.16. The summed E-state index contributed by atoms with van der Waals surface area (Å²) in [6.45, 7) is 4.46. The molecule has 126 valence electrons. The van der Waals surface area contributed by atoms with Crippen molar-refractivity contribution < 1.29 is 0 Å². The van der Waals surface area contributed by atoms with Crippen molar-refractivity contribution in [3.05, 3.63) is 81.4 Å². The van der Waals surface area contributed by atoms with Crippen molar-refractivity contribution in [1.29, 1.82) is 0 Å². The second-order valence-electron chi connectivity index (χ2n) is 6.59. The van der Waals surface area contributed by atoms with E-state index < -0.39 is 0 Å². The van der Waals surface area contributed by atoms with Crippen LogP contribution in [-0.4, -0.2) is 9.38 Å². The Morgan fingerprint density at radius 3 is 2.36 bits per heavy atom. The first-order valence-corrected chi connectivity index (χ1v) is 10.0. The quantitative estimate of drug-likeness (QED) is 0.373. The highest BCUT2D eigenvalue weighted by Gasteiger charge is 2.09. The van der Waals surface area contributed by atoms with Gasteiger partial charge in [-0.2, -0.15) is 0 Å². The summed E-state index contributed by atoms with van der Waals surface area (Å²) in [5.74, 6) is 0.580. The number of fused-ring (bicyclic) bond motifs is 1. The number of benzene rings is 2. The average molecular weight is 411 g/mol. The number of aromatic nitrogens is 2. The Balaban J connectivity index is 1.55. The van der Waals surface area contributed by atoms with E-state index >= 15 is 0 Å². The van der Waals surface area contributed by atoms with E-state index in [1.54, 1.807) is 11.3 Å². The van der Waals surface area contributed by atoms with Gasteiger partial charge in [0.25, 0.3) is 0 Å². The Morgan fingerprint density at radius 2 is 1.72 bits per heavy atom. The molecule has 25 heavy (non-hydrogen) atoms. The molecule has 0 bridgehead atoms. The minimum atomic E-state index is 0.580. The fourth-order valence-electron chi connectivity index (χ4n) is 2.91. The molecule has 0 saturated carbocycles. The van der Waals surface area contributed by atoms with Crippen LogP contribution in [0.4, 0.5) is 0 Å². The fraction of sp³-hybridized carbons (Fsp3) is 0.190. The molecule has 2 nitrogen and oxygen atoms in total. The Hall–Kier alpha value is -1.91. The molecule has 0 radical (unpaired) electrons. The molecule has 2 aromatic heterocycles. The van der Waals surface area contributed by atoms with Gasteiger partial charge in [-0.3, -0.25) is 4.40 Å². The van der Waals surface area contributed by atoms with Crippen LogP contribution in [0, 0.1) is 0 Å². The zero-order valence-corrected chi connectivity index (χ0v) is 16.6. The molecule has 0 atom stereocenters. The van der Waals surface area contributed by atoms with Crippen molar-refractivity contribution in [2.75, 3.05) is 0 Å². The topological polar surface area (TPSA) is 17.3 Å². The summed E-state index contributed by atoms with van der Waals surface area (Å²) in [5.41, 5.74) is 4.91. The number of rotatable bonds is 4. The lowest BCUT2D eigenvalue weighted by molar-refractivity contribution is 0.865. The predicted octanol–water partition coefficient (Wildman–Crippen LogP) is 6.54. The molecule has 0 spiro atoms. The zero-order valence-electron chi connectivity index (χ0n) is 14.2. The van der Waals surface area contributed by atoms with Crippen LogP contribution < -0.4 is 0 Å². The van der Waals surface area contributed by atoms with Gasteiger partial charge in [-0.05, 0) is 29.2 Å². The van der Waals surface area contributed by atoms with Gasteiger partial charge >= 0.3 is 0 Å². The first-order chi connectivity index (χ1) is 12.1. The van der Waals surface area contributed by atoms with E-state index in [0.29, 0.717) is 5.92 Å². The summed E-state index contributed by atoms with van der Waals surface area (Å²) < 4.78 is 3.22. The SMILES string of the molecule is CC(C)c1ccc(Cc2cn3cc(-c4ccc(Br)cc4)nc3s2)cc1. The molecule has 0 aliphatic rings. The highest BCUT2D eigenvalue weighted by Crippen LogP contribution is 2.26. The van der Waals surface area contributed by atoms with Gasteiger partial charge in [-0.25, -0.2) is 4.98 Å². The average Bonchev–Trinajstić information content (AvgIpc) is 3.14. The van der Waals surface area contributed by atoms with Gasteiger partial charge in [0.15, 0.2) is 4.96 Å². The van der Waals surface area contributed by atoms with Crippen molar-refractivity contribution in [1.82, 2.24) is 9.38 Å². The molecule has 2 heterocycles. The number of hydrogen-bond donors (Lipinski definition) is 0. The largest absolute Gasteiger partial charge is 0.297 e. The lowest BCUT2D eigenvalue weighted by Crippen LogP contribution is -1.89. The Labute approximate surface area is 160 Å². The van der Waals surface area contributed by atoms with Gasteiger partial charge in [0.2, 0.25) is 0 Å². The van der Waals surface area contributed by atoms with E-state index in [9.17, 15) is 0 Å². The van der Waals surface area contributed by atoms with Crippen LogP contribution >= 0.6 is 27.3 Å². The molecule has 0 N–H and O–H groups in total. The second kappa shape index (κ2) is 6.77. The molecular formula is C21H19BrN2S. The molecule has 2 aromatic carbocycles. The van der Waals surface area contributed by atoms with E-state index in [4.69, 9.17) is 4.98 Å².